The van der Waals surface area contributed by atoms with E-state index in [1.807, 2.05) is 6.92 Å². The summed E-state index contributed by atoms with van der Waals surface area (Å²) < 4.78 is 13.7. The van der Waals surface area contributed by atoms with Crippen LogP contribution in [0.15, 0.2) is 24.3 Å². The molecule has 116 valence electrons. The topological polar surface area (TPSA) is 57.6 Å². The summed E-state index contributed by atoms with van der Waals surface area (Å²) in [5.41, 5.74) is -0.00779. The van der Waals surface area contributed by atoms with Crippen LogP contribution in [0.1, 0.15) is 43.5 Å². The Bertz CT molecular complexity index is 490. The second-order valence-electron chi connectivity index (χ2n) is 5.18. The van der Waals surface area contributed by atoms with E-state index in [4.69, 9.17) is 5.11 Å². The van der Waals surface area contributed by atoms with Crippen molar-refractivity contribution in [2.24, 2.45) is 5.92 Å². The van der Waals surface area contributed by atoms with Crippen molar-refractivity contribution in [2.75, 3.05) is 13.1 Å². The highest BCUT2D eigenvalue weighted by molar-refractivity contribution is 5.94. The Morgan fingerprint density at radius 2 is 1.95 bits per heavy atom. The number of hydrogen-bond acceptors (Lipinski definition) is 2. The second-order valence-corrected chi connectivity index (χ2v) is 5.18. The summed E-state index contributed by atoms with van der Waals surface area (Å²) in [6.45, 7) is 4.12. The van der Waals surface area contributed by atoms with Gasteiger partial charge in [0.25, 0.3) is 5.91 Å². The van der Waals surface area contributed by atoms with E-state index in [-0.39, 0.29) is 12.1 Å². The number of carboxylic acid groups (broad SMARTS) is 1. The number of amides is 1. The Kier molecular flexibility index (Phi) is 6.85. The fraction of sp³-hybridized carbons (Fsp3) is 0.500. The van der Waals surface area contributed by atoms with Crippen LogP contribution in [0.3, 0.4) is 0 Å². The van der Waals surface area contributed by atoms with Gasteiger partial charge in [-0.05, 0) is 18.6 Å². The Balaban J connectivity index is 2.86. The van der Waals surface area contributed by atoms with Crippen molar-refractivity contribution in [3.8, 4) is 0 Å². The average Bonchev–Trinajstić information content (AvgIpc) is 2.46. The van der Waals surface area contributed by atoms with E-state index in [2.05, 4.69) is 0 Å². The summed E-state index contributed by atoms with van der Waals surface area (Å²) in [6.07, 6.45) is 2.72. The summed E-state index contributed by atoms with van der Waals surface area (Å²) in [5, 5.41) is 9.00. The van der Waals surface area contributed by atoms with Crippen LogP contribution < -0.4 is 0 Å². The highest BCUT2D eigenvalue weighted by Gasteiger charge is 2.23. The lowest BCUT2D eigenvalue weighted by atomic mass is 10.1. The smallest absolute Gasteiger partial charge is 0.308 e. The van der Waals surface area contributed by atoms with Crippen LogP contribution in [-0.2, 0) is 4.79 Å². The lowest BCUT2D eigenvalue weighted by Crippen LogP contribution is -2.38. The lowest BCUT2D eigenvalue weighted by Gasteiger charge is -2.24. The number of nitrogens with zero attached hydrogens (tertiary/aromatic N) is 1. The van der Waals surface area contributed by atoms with Crippen LogP contribution >= 0.6 is 0 Å². The lowest BCUT2D eigenvalue weighted by molar-refractivity contribution is -0.141. The molecule has 0 aliphatic rings. The van der Waals surface area contributed by atoms with Crippen molar-refractivity contribution in [3.05, 3.63) is 35.6 Å². The predicted octanol–water partition coefficient (Wildman–Crippen LogP) is 3.18. The molecule has 1 amide bonds. The number of carbonyl (C=O) groups is 2. The van der Waals surface area contributed by atoms with Crippen molar-refractivity contribution in [1.29, 1.82) is 0 Å². The monoisotopic (exact) mass is 295 g/mol. The van der Waals surface area contributed by atoms with Gasteiger partial charge in [0.1, 0.15) is 5.82 Å². The molecule has 1 aromatic carbocycles. The van der Waals surface area contributed by atoms with Crippen LogP contribution in [0.25, 0.3) is 0 Å². The summed E-state index contributed by atoms with van der Waals surface area (Å²) in [6, 6.07) is 5.78. The molecule has 1 rings (SSSR count). The molecule has 4 nitrogen and oxygen atoms in total. The molecule has 0 saturated carbocycles. The number of unbranched alkanes of at least 4 members (excludes halogenated alkanes) is 2. The average molecular weight is 295 g/mol. The number of rotatable bonds is 8. The SMILES string of the molecule is CCCCCN(CC(C)C(=O)O)C(=O)c1ccccc1F. The summed E-state index contributed by atoms with van der Waals surface area (Å²) in [7, 11) is 0. The maximum atomic E-state index is 13.7. The fourth-order valence-electron chi connectivity index (χ4n) is 2.04. The Morgan fingerprint density at radius 3 is 2.52 bits per heavy atom. The van der Waals surface area contributed by atoms with Gasteiger partial charge in [-0.2, -0.15) is 0 Å². The number of aliphatic carboxylic acids is 1. The maximum absolute atomic E-state index is 13.7. The van der Waals surface area contributed by atoms with Gasteiger partial charge < -0.3 is 10.0 Å². The molecule has 21 heavy (non-hydrogen) atoms. The molecule has 0 heterocycles. The van der Waals surface area contributed by atoms with Crippen molar-refractivity contribution in [2.45, 2.75) is 33.1 Å². The van der Waals surface area contributed by atoms with Gasteiger partial charge in [0.05, 0.1) is 11.5 Å². The number of halogens is 1. The zero-order chi connectivity index (χ0) is 15.8. The van der Waals surface area contributed by atoms with Gasteiger partial charge in [-0.1, -0.05) is 38.8 Å². The van der Waals surface area contributed by atoms with E-state index in [0.29, 0.717) is 6.54 Å². The third kappa shape index (κ3) is 5.17. The maximum Gasteiger partial charge on any atom is 0.308 e. The highest BCUT2D eigenvalue weighted by Crippen LogP contribution is 2.13. The van der Waals surface area contributed by atoms with Crippen LogP contribution in [-0.4, -0.2) is 35.0 Å². The van der Waals surface area contributed by atoms with E-state index in [9.17, 15) is 14.0 Å². The van der Waals surface area contributed by atoms with Crippen molar-refractivity contribution in [1.82, 2.24) is 4.90 Å². The standard InChI is InChI=1S/C16H22FNO3/c1-3-4-7-10-18(11-12(2)16(20)21)15(19)13-8-5-6-9-14(13)17/h5-6,8-9,12H,3-4,7,10-11H2,1-2H3,(H,20,21). The van der Waals surface area contributed by atoms with Crippen LogP contribution in [0.5, 0.6) is 0 Å². The Hall–Kier alpha value is -1.91. The normalized spacial score (nSPS) is 12.0. The van der Waals surface area contributed by atoms with Gasteiger partial charge in [-0.25, -0.2) is 4.39 Å². The highest BCUT2D eigenvalue weighted by atomic mass is 19.1. The molecule has 1 atom stereocenters. The van der Waals surface area contributed by atoms with Gasteiger partial charge in [0.15, 0.2) is 0 Å². The first-order chi connectivity index (χ1) is 9.97. The molecular formula is C16H22FNO3. The molecule has 0 fully saturated rings. The molecule has 0 radical (unpaired) electrons. The quantitative estimate of drug-likeness (QED) is 0.749. The van der Waals surface area contributed by atoms with E-state index >= 15 is 0 Å². The summed E-state index contributed by atoms with van der Waals surface area (Å²) in [4.78, 5) is 24.8. The molecule has 1 aromatic rings. The summed E-state index contributed by atoms with van der Waals surface area (Å²) >= 11 is 0. The molecule has 0 saturated heterocycles. The number of carbonyl (C=O) groups excluding carboxylic acids is 1. The molecule has 1 N–H and O–H groups in total. The largest absolute Gasteiger partial charge is 0.481 e. The van der Waals surface area contributed by atoms with E-state index in [1.54, 1.807) is 13.0 Å². The molecule has 0 bridgehead atoms. The minimum atomic E-state index is -0.961. The molecule has 0 aromatic heterocycles. The number of benzene rings is 1. The van der Waals surface area contributed by atoms with Crippen LogP contribution in [0.2, 0.25) is 0 Å². The fourth-order valence-corrected chi connectivity index (χ4v) is 2.04. The zero-order valence-corrected chi connectivity index (χ0v) is 12.5. The van der Waals surface area contributed by atoms with Gasteiger partial charge in [0.2, 0.25) is 0 Å². The summed E-state index contributed by atoms with van der Waals surface area (Å²) in [5.74, 6) is -2.66. The Labute approximate surface area is 124 Å². The van der Waals surface area contributed by atoms with Gasteiger partial charge in [0, 0.05) is 13.1 Å². The van der Waals surface area contributed by atoms with Crippen LogP contribution in [0.4, 0.5) is 4.39 Å². The number of carboxylic acids is 1. The van der Waals surface area contributed by atoms with Crippen molar-refractivity contribution < 1.29 is 19.1 Å². The molecule has 0 aliphatic carbocycles. The van der Waals surface area contributed by atoms with Gasteiger partial charge in [-0.3, -0.25) is 9.59 Å². The van der Waals surface area contributed by atoms with Gasteiger partial charge in [-0.15, -0.1) is 0 Å². The minimum absolute atomic E-state index is 0.00779. The zero-order valence-electron chi connectivity index (χ0n) is 12.5. The molecular weight excluding hydrogens is 273 g/mol. The second kappa shape index (κ2) is 8.39. The number of hydrogen-bond donors (Lipinski definition) is 1. The molecule has 5 heteroatoms. The third-order valence-corrected chi connectivity index (χ3v) is 3.34. The van der Waals surface area contributed by atoms with Gasteiger partial charge >= 0.3 is 5.97 Å². The van der Waals surface area contributed by atoms with Crippen molar-refractivity contribution >= 4 is 11.9 Å². The molecule has 1 unspecified atom stereocenters. The van der Waals surface area contributed by atoms with Crippen LogP contribution in [0, 0.1) is 11.7 Å². The predicted molar refractivity (Wildman–Crippen MR) is 78.6 cm³/mol. The molecule has 0 aliphatic heterocycles. The van der Waals surface area contributed by atoms with E-state index in [0.717, 1.165) is 19.3 Å². The third-order valence-electron chi connectivity index (χ3n) is 3.34. The van der Waals surface area contributed by atoms with E-state index < -0.39 is 23.6 Å². The Morgan fingerprint density at radius 1 is 1.29 bits per heavy atom. The first-order valence-electron chi connectivity index (χ1n) is 7.24. The molecule has 0 spiro atoms. The minimum Gasteiger partial charge on any atom is -0.481 e. The van der Waals surface area contributed by atoms with Crippen molar-refractivity contribution in [3.63, 3.8) is 0 Å². The van der Waals surface area contributed by atoms with E-state index in [1.165, 1.54) is 23.1 Å². The first-order valence-corrected chi connectivity index (χ1v) is 7.24. The first kappa shape index (κ1) is 17.1.